The average Bonchev–Trinajstić information content (AvgIpc) is 2.86. The summed E-state index contributed by atoms with van der Waals surface area (Å²) in [6.45, 7) is 2.40. The second-order valence-corrected chi connectivity index (χ2v) is 6.80. The Morgan fingerprint density at radius 2 is 1.44 bits per heavy atom. The van der Waals surface area contributed by atoms with Crippen LogP contribution in [0.25, 0.3) is 0 Å². The zero-order chi connectivity index (χ0) is 24.3. The Bertz CT molecular complexity index is 1160. The van der Waals surface area contributed by atoms with Gasteiger partial charge in [-0.15, -0.1) is 0 Å². The molecule has 2 amide bonds. The molecule has 0 fully saturated rings. The van der Waals surface area contributed by atoms with Crippen LogP contribution in [0.5, 0.6) is 17.2 Å². The minimum Gasteiger partial charge on any atom is -0.497 e. The molecule has 34 heavy (non-hydrogen) atoms. The smallest absolute Gasteiger partial charge is 0.343 e. The quantitative estimate of drug-likeness (QED) is 0.175. The van der Waals surface area contributed by atoms with Crippen LogP contribution in [-0.2, 0) is 9.59 Å². The summed E-state index contributed by atoms with van der Waals surface area (Å²) in [5.41, 5.74) is 3.62. The lowest BCUT2D eigenvalue weighted by atomic mass is 10.2. The van der Waals surface area contributed by atoms with E-state index in [-0.39, 0.29) is 0 Å². The fraction of sp³-hybridized carbons (Fsp3) is 0.120. The lowest BCUT2D eigenvalue weighted by molar-refractivity contribution is -0.136. The number of benzene rings is 3. The van der Waals surface area contributed by atoms with Crippen LogP contribution in [0.3, 0.4) is 0 Å². The Labute approximate surface area is 196 Å². The van der Waals surface area contributed by atoms with Crippen LogP contribution < -0.4 is 25.0 Å². The van der Waals surface area contributed by atoms with Crippen LogP contribution in [0.15, 0.2) is 77.9 Å². The molecular formula is C25H23N3O6. The first-order valence-corrected chi connectivity index (χ1v) is 10.3. The van der Waals surface area contributed by atoms with Crippen molar-refractivity contribution in [3.05, 3.63) is 83.9 Å². The van der Waals surface area contributed by atoms with Crippen molar-refractivity contribution in [2.75, 3.05) is 19.0 Å². The van der Waals surface area contributed by atoms with Gasteiger partial charge in [0.1, 0.15) is 17.2 Å². The van der Waals surface area contributed by atoms with Gasteiger partial charge in [0.25, 0.3) is 0 Å². The number of hydrazone groups is 1. The van der Waals surface area contributed by atoms with Crippen molar-refractivity contribution in [3.63, 3.8) is 0 Å². The Hall–Kier alpha value is -4.66. The molecule has 0 unspecified atom stereocenters. The summed E-state index contributed by atoms with van der Waals surface area (Å²) in [6.07, 6.45) is 1.36. The van der Waals surface area contributed by atoms with E-state index < -0.39 is 17.8 Å². The molecule has 0 aromatic heterocycles. The summed E-state index contributed by atoms with van der Waals surface area (Å²) in [7, 11) is 1.54. The van der Waals surface area contributed by atoms with Crippen molar-refractivity contribution in [1.82, 2.24) is 5.43 Å². The summed E-state index contributed by atoms with van der Waals surface area (Å²) < 4.78 is 15.7. The highest BCUT2D eigenvalue weighted by Crippen LogP contribution is 2.17. The SMILES string of the molecule is CCOc1ccc(NC(=O)C(=O)N/N=C\c2ccc(OC(=O)c3ccc(OC)cc3)cc2)cc1. The van der Waals surface area contributed by atoms with Crippen LogP contribution >= 0.6 is 0 Å². The van der Waals surface area contributed by atoms with Crippen molar-refractivity contribution < 1.29 is 28.6 Å². The van der Waals surface area contributed by atoms with Gasteiger partial charge in [0.05, 0.1) is 25.5 Å². The maximum Gasteiger partial charge on any atom is 0.343 e. The average molecular weight is 461 g/mol. The number of amides is 2. The number of nitrogens with one attached hydrogen (secondary N) is 2. The predicted octanol–water partition coefficient (Wildman–Crippen LogP) is 3.40. The Morgan fingerprint density at radius 1 is 0.824 bits per heavy atom. The first kappa shape index (κ1) is 24.0. The minimum absolute atomic E-state index is 0.344. The number of carbonyl (C=O) groups excluding carboxylic acids is 3. The summed E-state index contributed by atoms with van der Waals surface area (Å²) in [6, 6.07) is 19.6. The van der Waals surface area contributed by atoms with Crippen LogP contribution in [-0.4, -0.2) is 37.7 Å². The highest BCUT2D eigenvalue weighted by Gasteiger charge is 2.13. The third-order valence-corrected chi connectivity index (χ3v) is 4.43. The van der Waals surface area contributed by atoms with E-state index in [0.717, 1.165) is 0 Å². The molecule has 0 heterocycles. The number of methoxy groups -OCH3 is 1. The van der Waals surface area contributed by atoms with Crippen molar-refractivity contribution in [2.24, 2.45) is 5.10 Å². The van der Waals surface area contributed by atoms with Gasteiger partial charge in [0, 0.05) is 5.69 Å². The van der Waals surface area contributed by atoms with E-state index in [1.165, 1.54) is 6.21 Å². The zero-order valence-corrected chi connectivity index (χ0v) is 18.6. The van der Waals surface area contributed by atoms with Gasteiger partial charge in [-0.1, -0.05) is 0 Å². The third-order valence-electron chi connectivity index (χ3n) is 4.43. The number of ether oxygens (including phenoxy) is 3. The van der Waals surface area contributed by atoms with E-state index in [9.17, 15) is 14.4 Å². The maximum atomic E-state index is 12.2. The van der Waals surface area contributed by atoms with Crippen molar-refractivity contribution in [1.29, 1.82) is 0 Å². The molecule has 0 aliphatic rings. The Balaban J connectivity index is 1.48. The number of carbonyl (C=O) groups is 3. The molecule has 0 atom stereocenters. The molecule has 3 aromatic rings. The molecule has 9 nitrogen and oxygen atoms in total. The van der Waals surface area contributed by atoms with Gasteiger partial charge in [-0.2, -0.15) is 5.10 Å². The molecule has 174 valence electrons. The van der Waals surface area contributed by atoms with Crippen LogP contribution in [0, 0.1) is 0 Å². The van der Waals surface area contributed by atoms with E-state index in [0.29, 0.717) is 40.7 Å². The van der Waals surface area contributed by atoms with Gasteiger partial charge in [-0.25, -0.2) is 10.2 Å². The number of esters is 1. The molecule has 0 spiro atoms. The van der Waals surface area contributed by atoms with E-state index >= 15 is 0 Å². The zero-order valence-electron chi connectivity index (χ0n) is 18.6. The topological polar surface area (TPSA) is 115 Å². The lowest BCUT2D eigenvalue weighted by Gasteiger charge is -2.06. The summed E-state index contributed by atoms with van der Waals surface area (Å²) in [5.74, 6) is -0.638. The predicted molar refractivity (Wildman–Crippen MR) is 126 cm³/mol. The first-order chi connectivity index (χ1) is 16.5. The second-order valence-electron chi connectivity index (χ2n) is 6.80. The monoisotopic (exact) mass is 461 g/mol. The van der Waals surface area contributed by atoms with Gasteiger partial charge in [-0.3, -0.25) is 9.59 Å². The van der Waals surface area contributed by atoms with Crippen molar-refractivity contribution >= 4 is 29.7 Å². The largest absolute Gasteiger partial charge is 0.497 e. The highest BCUT2D eigenvalue weighted by atomic mass is 16.5. The molecule has 0 radical (unpaired) electrons. The van der Waals surface area contributed by atoms with Gasteiger partial charge in [0.15, 0.2) is 0 Å². The van der Waals surface area contributed by atoms with E-state index in [4.69, 9.17) is 14.2 Å². The lowest BCUT2D eigenvalue weighted by Crippen LogP contribution is -2.32. The first-order valence-electron chi connectivity index (χ1n) is 10.3. The van der Waals surface area contributed by atoms with E-state index in [1.54, 1.807) is 79.9 Å². The molecule has 9 heteroatoms. The van der Waals surface area contributed by atoms with Crippen LogP contribution in [0.2, 0.25) is 0 Å². The molecule has 2 N–H and O–H groups in total. The number of hydrogen-bond donors (Lipinski definition) is 2. The summed E-state index contributed by atoms with van der Waals surface area (Å²) in [4.78, 5) is 36.1. The number of anilines is 1. The van der Waals surface area contributed by atoms with Crippen molar-refractivity contribution in [2.45, 2.75) is 6.92 Å². The fourth-order valence-electron chi connectivity index (χ4n) is 2.72. The van der Waals surface area contributed by atoms with Gasteiger partial charge in [-0.05, 0) is 85.3 Å². The Kier molecular flexibility index (Phi) is 8.34. The number of hydrogen-bond acceptors (Lipinski definition) is 7. The van der Waals surface area contributed by atoms with Crippen molar-refractivity contribution in [3.8, 4) is 17.2 Å². The molecule has 0 aliphatic carbocycles. The molecule has 0 aliphatic heterocycles. The summed E-state index contributed by atoms with van der Waals surface area (Å²) >= 11 is 0. The highest BCUT2D eigenvalue weighted by molar-refractivity contribution is 6.39. The van der Waals surface area contributed by atoms with Gasteiger partial charge >= 0.3 is 17.8 Å². The molecule has 0 saturated carbocycles. The van der Waals surface area contributed by atoms with Gasteiger partial charge < -0.3 is 19.5 Å². The van der Waals surface area contributed by atoms with Crippen LogP contribution in [0.1, 0.15) is 22.8 Å². The van der Waals surface area contributed by atoms with E-state index in [1.807, 2.05) is 6.92 Å². The molecule has 3 rings (SSSR count). The standard InChI is InChI=1S/C25H23N3O6/c1-3-33-21-14-8-19(9-15-21)27-23(29)24(30)28-26-16-17-4-10-22(11-5-17)34-25(31)18-6-12-20(32-2)13-7-18/h4-16H,3H2,1-2H3,(H,27,29)(H,28,30)/b26-16-. The fourth-order valence-corrected chi connectivity index (χ4v) is 2.72. The molecular weight excluding hydrogens is 438 g/mol. The second kappa shape index (κ2) is 11.8. The van der Waals surface area contributed by atoms with E-state index in [2.05, 4.69) is 15.8 Å². The molecule has 0 bridgehead atoms. The molecule has 0 saturated heterocycles. The maximum absolute atomic E-state index is 12.2. The summed E-state index contributed by atoms with van der Waals surface area (Å²) in [5, 5.41) is 6.24. The third kappa shape index (κ3) is 6.92. The number of nitrogens with zero attached hydrogens (tertiary/aromatic N) is 1. The normalized spacial score (nSPS) is 10.4. The van der Waals surface area contributed by atoms with Gasteiger partial charge in [0.2, 0.25) is 0 Å². The Morgan fingerprint density at radius 3 is 2.06 bits per heavy atom. The minimum atomic E-state index is -0.921. The number of rotatable bonds is 8. The molecule has 3 aromatic carbocycles. The van der Waals surface area contributed by atoms with Crippen LogP contribution in [0.4, 0.5) is 5.69 Å².